The first-order chi connectivity index (χ1) is 12.1. The zero-order valence-electron chi connectivity index (χ0n) is 15.1. The summed E-state index contributed by atoms with van der Waals surface area (Å²) in [6.45, 7) is 6.42. The summed E-state index contributed by atoms with van der Waals surface area (Å²) in [7, 11) is 0. The van der Waals surface area contributed by atoms with E-state index in [1.54, 1.807) is 0 Å². The van der Waals surface area contributed by atoms with E-state index in [1.165, 1.54) is 18.5 Å². The Labute approximate surface area is 155 Å². The van der Waals surface area contributed by atoms with E-state index in [-0.39, 0.29) is 12.0 Å². The van der Waals surface area contributed by atoms with E-state index in [2.05, 4.69) is 20.7 Å². The number of halogens is 3. The number of alkyl halides is 3. The molecule has 5 nitrogen and oxygen atoms in total. The molecule has 0 spiro atoms. The molecular weight excluding hydrogens is 365 g/mol. The molecule has 0 bridgehead atoms. The van der Waals surface area contributed by atoms with Crippen molar-refractivity contribution in [2.75, 3.05) is 18.0 Å². The van der Waals surface area contributed by atoms with Crippen molar-refractivity contribution in [1.82, 2.24) is 9.69 Å². The fourth-order valence-electron chi connectivity index (χ4n) is 3.23. The standard InChI is InChI=1S/C17H23F3N4OS/c1-10(8-17(18,19)20)15(25)22-11(2)13-4-6-24(7-5-13)16-14(9-21)12(3)23-26-16/h10-11,13H,4-8H2,1-3H3,(H,22,25)/t10?,11-/m1/s1. The normalized spacial score (nSPS) is 18.3. The molecule has 0 aromatic carbocycles. The Morgan fingerprint density at radius 2 is 2.04 bits per heavy atom. The van der Waals surface area contributed by atoms with Crippen molar-refractivity contribution in [2.45, 2.75) is 52.3 Å². The smallest absolute Gasteiger partial charge is 0.361 e. The summed E-state index contributed by atoms with van der Waals surface area (Å²) in [5.74, 6) is -1.44. The van der Waals surface area contributed by atoms with Gasteiger partial charge in [0.25, 0.3) is 0 Å². The SMILES string of the molecule is Cc1nsc(N2CCC([C@@H](C)NC(=O)C(C)CC(F)(F)F)CC2)c1C#N. The molecule has 1 N–H and O–H groups in total. The van der Waals surface area contributed by atoms with E-state index in [4.69, 9.17) is 0 Å². The quantitative estimate of drug-likeness (QED) is 0.836. The van der Waals surface area contributed by atoms with Crippen LogP contribution in [0.1, 0.15) is 44.4 Å². The van der Waals surface area contributed by atoms with Gasteiger partial charge < -0.3 is 10.2 Å². The highest BCUT2D eigenvalue weighted by atomic mass is 32.1. The Hall–Kier alpha value is -1.82. The van der Waals surface area contributed by atoms with E-state index in [0.29, 0.717) is 5.56 Å². The topological polar surface area (TPSA) is 69.0 Å². The highest BCUT2D eigenvalue weighted by Crippen LogP contribution is 2.32. The summed E-state index contributed by atoms with van der Waals surface area (Å²) in [6.07, 6.45) is -3.84. The molecule has 0 saturated carbocycles. The number of nitrogens with zero attached hydrogens (tertiary/aromatic N) is 3. The van der Waals surface area contributed by atoms with E-state index < -0.39 is 24.4 Å². The molecule has 2 heterocycles. The lowest BCUT2D eigenvalue weighted by Crippen LogP contribution is -2.45. The van der Waals surface area contributed by atoms with Crippen molar-refractivity contribution in [1.29, 1.82) is 5.26 Å². The van der Waals surface area contributed by atoms with Crippen LogP contribution in [-0.2, 0) is 4.79 Å². The third-order valence-electron chi connectivity index (χ3n) is 4.85. The fraction of sp³-hybridized carbons (Fsp3) is 0.706. The van der Waals surface area contributed by atoms with Crippen molar-refractivity contribution in [3.63, 3.8) is 0 Å². The van der Waals surface area contributed by atoms with Gasteiger partial charge in [0.15, 0.2) is 0 Å². The number of hydrogen-bond donors (Lipinski definition) is 1. The summed E-state index contributed by atoms with van der Waals surface area (Å²) in [6, 6.07) is 2.01. The van der Waals surface area contributed by atoms with Crippen LogP contribution in [0.3, 0.4) is 0 Å². The molecule has 2 atom stereocenters. The van der Waals surface area contributed by atoms with Crippen LogP contribution in [0.5, 0.6) is 0 Å². The predicted molar refractivity (Wildman–Crippen MR) is 93.9 cm³/mol. The Kier molecular flexibility index (Phi) is 6.50. The summed E-state index contributed by atoms with van der Waals surface area (Å²) < 4.78 is 41.5. The molecule has 1 aromatic heterocycles. The number of piperidine rings is 1. The van der Waals surface area contributed by atoms with Gasteiger partial charge in [-0.2, -0.15) is 22.8 Å². The van der Waals surface area contributed by atoms with Gasteiger partial charge in [-0.15, -0.1) is 0 Å². The van der Waals surface area contributed by atoms with Gasteiger partial charge in [0, 0.05) is 25.0 Å². The minimum atomic E-state index is -4.34. The maximum Gasteiger partial charge on any atom is 0.389 e. The van der Waals surface area contributed by atoms with Crippen LogP contribution in [-0.4, -0.2) is 35.6 Å². The van der Waals surface area contributed by atoms with Crippen molar-refractivity contribution < 1.29 is 18.0 Å². The summed E-state index contributed by atoms with van der Waals surface area (Å²) in [5.41, 5.74) is 1.34. The molecule has 1 amide bonds. The first kappa shape index (κ1) is 20.5. The largest absolute Gasteiger partial charge is 0.389 e. The third-order valence-corrected chi connectivity index (χ3v) is 5.85. The highest BCUT2D eigenvalue weighted by molar-refractivity contribution is 7.10. The van der Waals surface area contributed by atoms with Crippen LogP contribution >= 0.6 is 11.5 Å². The molecule has 0 radical (unpaired) electrons. The zero-order valence-corrected chi connectivity index (χ0v) is 15.9. The number of carbonyl (C=O) groups excluding carboxylic acids is 1. The van der Waals surface area contributed by atoms with Crippen LogP contribution in [0, 0.1) is 30.1 Å². The molecule has 1 aliphatic rings. The Balaban J connectivity index is 1.87. The van der Waals surface area contributed by atoms with Crippen LogP contribution in [0.2, 0.25) is 0 Å². The third kappa shape index (κ3) is 5.10. The molecule has 1 saturated heterocycles. The first-order valence-electron chi connectivity index (χ1n) is 8.60. The number of aryl methyl sites for hydroxylation is 1. The van der Waals surface area contributed by atoms with Crippen molar-refractivity contribution in [3.8, 4) is 6.07 Å². The van der Waals surface area contributed by atoms with Crippen LogP contribution in [0.4, 0.5) is 18.2 Å². The zero-order chi connectivity index (χ0) is 19.5. The second-order valence-corrected chi connectivity index (χ2v) is 7.65. The van der Waals surface area contributed by atoms with E-state index in [0.717, 1.165) is 36.6 Å². The molecule has 1 aromatic rings. The molecular formula is C17H23F3N4OS. The fourth-order valence-corrected chi connectivity index (χ4v) is 4.13. The van der Waals surface area contributed by atoms with Crippen LogP contribution in [0.25, 0.3) is 0 Å². The first-order valence-corrected chi connectivity index (χ1v) is 9.38. The van der Waals surface area contributed by atoms with E-state index in [1.807, 2.05) is 13.8 Å². The maximum atomic E-state index is 12.4. The minimum absolute atomic E-state index is 0.182. The summed E-state index contributed by atoms with van der Waals surface area (Å²) >= 11 is 1.31. The van der Waals surface area contributed by atoms with Gasteiger partial charge in [-0.3, -0.25) is 4.79 Å². The van der Waals surface area contributed by atoms with Gasteiger partial charge >= 0.3 is 6.18 Å². The molecule has 9 heteroatoms. The molecule has 144 valence electrons. The number of amides is 1. The van der Waals surface area contributed by atoms with Gasteiger partial charge in [-0.05, 0) is 44.1 Å². The van der Waals surface area contributed by atoms with Crippen molar-refractivity contribution >= 4 is 22.4 Å². The second kappa shape index (κ2) is 8.25. The second-order valence-electron chi connectivity index (χ2n) is 6.90. The van der Waals surface area contributed by atoms with Crippen molar-refractivity contribution in [2.24, 2.45) is 11.8 Å². The van der Waals surface area contributed by atoms with E-state index >= 15 is 0 Å². The molecule has 2 rings (SSSR count). The minimum Gasteiger partial charge on any atom is -0.361 e. The summed E-state index contributed by atoms with van der Waals surface area (Å²) in [4.78, 5) is 14.1. The number of nitriles is 1. The molecule has 1 unspecified atom stereocenters. The number of carbonyl (C=O) groups is 1. The van der Waals surface area contributed by atoms with Gasteiger partial charge in [-0.25, -0.2) is 0 Å². The molecule has 1 fully saturated rings. The number of aromatic nitrogens is 1. The molecule has 0 aliphatic carbocycles. The van der Waals surface area contributed by atoms with Gasteiger partial charge in [0.1, 0.15) is 16.6 Å². The average Bonchev–Trinajstić information content (AvgIpc) is 2.94. The average molecular weight is 388 g/mol. The van der Waals surface area contributed by atoms with Crippen LogP contribution in [0.15, 0.2) is 0 Å². The monoisotopic (exact) mass is 388 g/mol. The molecule has 1 aliphatic heterocycles. The Morgan fingerprint density at radius 3 is 2.58 bits per heavy atom. The number of anilines is 1. The summed E-state index contributed by atoms with van der Waals surface area (Å²) in [5, 5.41) is 12.9. The number of hydrogen-bond acceptors (Lipinski definition) is 5. The Morgan fingerprint density at radius 1 is 1.42 bits per heavy atom. The van der Waals surface area contributed by atoms with Crippen molar-refractivity contribution in [3.05, 3.63) is 11.3 Å². The van der Waals surface area contributed by atoms with Gasteiger partial charge in [0.2, 0.25) is 5.91 Å². The van der Waals surface area contributed by atoms with E-state index in [9.17, 15) is 23.2 Å². The predicted octanol–water partition coefficient (Wildman–Crippen LogP) is 3.63. The number of nitrogens with one attached hydrogen (secondary N) is 1. The van der Waals surface area contributed by atoms with Gasteiger partial charge in [-0.1, -0.05) is 6.92 Å². The lowest BCUT2D eigenvalue weighted by Gasteiger charge is -2.36. The Bertz CT molecular complexity index is 675. The maximum absolute atomic E-state index is 12.4. The van der Waals surface area contributed by atoms with Gasteiger partial charge in [0.05, 0.1) is 12.1 Å². The lowest BCUT2D eigenvalue weighted by atomic mass is 9.90. The number of rotatable bonds is 5. The lowest BCUT2D eigenvalue weighted by molar-refractivity contribution is -0.153. The molecule has 26 heavy (non-hydrogen) atoms. The van der Waals surface area contributed by atoms with Crippen LogP contribution < -0.4 is 10.2 Å². The highest BCUT2D eigenvalue weighted by Gasteiger charge is 2.34.